The molecule has 1 saturated carbocycles. The van der Waals surface area contributed by atoms with Gasteiger partial charge in [0.25, 0.3) is 5.91 Å². The number of nitrogen functional groups attached to an aromatic ring is 1. The van der Waals surface area contributed by atoms with Crippen LogP contribution in [0.25, 0.3) is 11.0 Å². The van der Waals surface area contributed by atoms with Gasteiger partial charge < -0.3 is 15.6 Å². The maximum Gasteiger partial charge on any atom is 0.261 e. The van der Waals surface area contributed by atoms with E-state index in [2.05, 4.69) is 15.3 Å². The monoisotopic (exact) mass is 461 g/mol. The van der Waals surface area contributed by atoms with Crippen LogP contribution in [0.4, 0.5) is 20.3 Å². The van der Waals surface area contributed by atoms with E-state index in [-0.39, 0.29) is 28.9 Å². The number of nitrogens with two attached hydrogens (primary N) is 1. The van der Waals surface area contributed by atoms with Crippen molar-refractivity contribution in [1.29, 1.82) is 0 Å². The maximum absolute atomic E-state index is 14.0. The third-order valence-electron chi connectivity index (χ3n) is 6.17. The zero-order chi connectivity index (χ0) is 23.8. The van der Waals surface area contributed by atoms with E-state index in [0.29, 0.717) is 16.6 Å². The summed E-state index contributed by atoms with van der Waals surface area (Å²) < 4.78 is 29.9. The van der Waals surface area contributed by atoms with E-state index in [1.54, 1.807) is 18.3 Å². The first-order valence-electron chi connectivity index (χ1n) is 10.9. The quantitative estimate of drug-likeness (QED) is 0.412. The molecule has 0 spiro atoms. The topological polar surface area (TPSA) is 103 Å². The number of hydrogen-bond acceptors (Lipinski definition) is 5. The molecule has 0 aliphatic heterocycles. The Hall–Kier alpha value is -4.14. The predicted octanol–water partition coefficient (Wildman–Crippen LogP) is 4.89. The second-order valence-corrected chi connectivity index (χ2v) is 8.31. The fourth-order valence-electron chi connectivity index (χ4n) is 4.54. The molecule has 1 aliphatic carbocycles. The molecule has 1 fully saturated rings. The zero-order valence-electron chi connectivity index (χ0n) is 18.1. The number of carbonyl (C=O) groups is 2. The van der Waals surface area contributed by atoms with Crippen LogP contribution in [0.5, 0.6) is 0 Å². The molecule has 3 N–H and O–H groups in total. The summed E-state index contributed by atoms with van der Waals surface area (Å²) in [6.07, 6.45) is 7.37. The summed E-state index contributed by atoms with van der Waals surface area (Å²) >= 11 is 0. The van der Waals surface area contributed by atoms with Crippen LogP contribution in [0, 0.1) is 11.6 Å². The number of benzene rings is 2. The van der Waals surface area contributed by atoms with Crippen LogP contribution in [-0.4, -0.2) is 26.2 Å². The van der Waals surface area contributed by atoms with Crippen molar-refractivity contribution in [3.63, 3.8) is 0 Å². The maximum atomic E-state index is 14.0. The molecule has 0 saturated heterocycles. The molecule has 2 heterocycles. The van der Waals surface area contributed by atoms with Crippen molar-refractivity contribution in [3.05, 3.63) is 83.3 Å². The molecule has 2 aromatic carbocycles. The lowest BCUT2D eigenvalue weighted by Gasteiger charge is -2.12. The number of nitrogens with one attached hydrogen (secondary N) is 1. The average molecular weight is 461 g/mol. The van der Waals surface area contributed by atoms with Gasteiger partial charge in [0.1, 0.15) is 35.0 Å². The smallest absolute Gasteiger partial charge is 0.261 e. The summed E-state index contributed by atoms with van der Waals surface area (Å²) in [4.78, 5) is 34.4. The number of hydrogen-bond donors (Lipinski definition) is 2. The number of anilines is 2. The van der Waals surface area contributed by atoms with Gasteiger partial charge in [-0.1, -0.05) is 31.0 Å². The molecule has 5 rings (SSSR count). The minimum atomic E-state index is -0.972. The van der Waals surface area contributed by atoms with Crippen molar-refractivity contribution in [3.8, 4) is 0 Å². The van der Waals surface area contributed by atoms with E-state index in [9.17, 15) is 18.4 Å². The van der Waals surface area contributed by atoms with Gasteiger partial charge >= 0.3 is 0 Å². The largest absolute Gasteiger partial charge is 0.383 e. The van der Waals surface area contributed by atoms with Crippen molar-refractivity contribution < 1.29 is 18.4 Å². The van der Waals surface area contributed by atoms with Crippen molar-refractivity contribution in [2.24, 2.45) is 0 Å². The Morgan fingerprint density at radius 2 is 1.74 bits per heavy atom. The molecule has 0 bridgehead atoms. The molecule has 1 amide bonds. The predicted molar refractivity (Wildman–Crippen MR) is 124 cm³/mol. The second-order valence-electron chi connectivity index (χ2n) is 8.31. The molecule has 0 unspecified atom stereocenters. The Bertz CT molecular complexity index is 1410. The van der Waals surface area contributed by atoms with E-state index in [1.807, 2.05) is 4.57 Å². The van der Waals surface area contributed by atoms with Gasteiger partial charge in [-0.3, -0.25) is 9.59 Å². The van der Waals surface area contributed by atoms with Gasteiger partial charge in [0.15, 0.2) is 5.78 Å². The summed E-state index contributed by atoms with van der Waals surface area (Å²) in [7, 11) is 0. The van der Waals surface area contributed by atoms with Crippen LogP contribution in [-0.2, 0) is 0 Å². The number of halogens is 2. The molecule has 34 heavy (non-hydrogen) atoms. The van der Waals surface area contributed by atoms with E-state index in [4.69, 9.17) is 5.73 Å². The zero-order valence-corrected chi connectivity index (χ0v) is 18.1. The Labute approximate surface area is 193 Å². The Kier molecular flexibility index (Phi) is 5.53. The number of nitrogens with zero attached hydrogens (tertiary/aromatic N) is 3. The fourth-order valence-corrected chi connectivity index (χ4v) is 4.54. The van der Waals surface area contributed by atoms with Gasteiger partial charge in [-0.2, -0.15) is 0 Å². The lowest BCUT2D eigenvalue weighted by molar-refractivity contribution is 0.101. The molecule has 9 heteroatoms. The van der Waals surface area contributed by atoms with Crippen molar-refractivity contribution in [2.45, 2.75) is 31.7 Å². The first kappa shape index (κ1) is 21.7. The van der Waals surface area contributed by atoms with E-state index < -0.39 is 23.1 Å². The van der Waals surface area contributed by atoms with Gasteiger partial charge in [-0.25, -0.2) is 18.7 Å². The van der Waals surface area contributed by atoms with Gasteiger partial charge in [-0.05, 0) is 37.1 Å². The third-order valence-corrected chi connectivity index (χ3v) is 6.17. The van der Waals surface area contributed by atoms with Crippen LogP contribution in [0.2, 0.25) is 0 Å². The van der Waals surface area contributed by atoms with Crippen molar-refractivity contribution in [2.75, 3.05) is 11.1 Å². The van der Waals surface area contributed by atoms with Gasteiger partial charge in [0, 0.05) is 23.5 Å². The van der Waals surface area contributed by atoms with Gasteiger partial charge in [-0.15, -0.1) is 0 Å². The summed E-state index contributed by atoms with van der Waals surface area (Å²) in [6.45, 7) is 0. The minimum Gasteiger partial charge on any atom is -0.383 e. The van der Waals surface area contributed by atoms with E-state index in [0.717, 1.165) is 37.8 Å². The fraction of sp³-hybridized carbons (Fsp3) is 0.200. The summed E-state index contributed by atoms with van der Waals surface area (Å²) in [5, 5.41) is 2.95. The van der Waals surface area contributed by atoms with Crippen LogP contribution < -0.4 is 11.1 Å². The molecule has 7 nitrogen and oxygen atoms in total. The number of fused-ring (bicyclic) bond motifs is 1. The lowest BCUT2D eigenvalue weighted by atomic mass is 10.0. The van der Waals surface area contributed by atoms with Gasteiger partial charge in [0.2, 0.25) is 0 Å². The number of carbonyl (C=O) groups excluding carboxylic acids is 2. The third kappa shape index (κ3) is 3.79. The standard InChI is InChI=1S/C25H21F2N5O2/c26-18-9-4-10-19(27)21(18)25(34)31-15-6-3-5-14(11-15)22(33)17-12-32(16-7-1-2-8-16)24-20(17)23(28)29-13-30-24/h3-6,9-13,16H,1-2,7-8H2,(H,31,34)(H2,28,29,30). The first-order chi connectivity index (χ1) is 16.4. The van der Waals surface area contributed by atoms with Crippen LogP contribution >= 0.6 is 0 Å². The summed E-state index contributed by atoms with van der Waals surface area (Å²) in [6, 6.07) is 9.59. The van der Waals surface area contributed by atoms with Crippen LogP contribution in [0.3, 0.4) is 0 Å². The highest BCUT2D eigenvalue weighted by molar-refractivity contribution is 6.18. The average Bonchev–Trinajstić information content (AvgIpc) is 3.47. The molecular formula is C25H21F2N5O2. The molecule has 1 aliphatic rings. The summed E-state index contributed by atoms with van der Waals surface area (Å²) in [5.41, 5.74) is 6.92. The van der Waals surface area contributed by atoms with Gasteiger partial charge in [0.05, 0.1) is 10.9 Å². The highest BCUT2D eigenvalue weighted by atomic mass is 19.1. The lowest BCUT2D eigenvalue weighted by Crippen LogP contribution is -2.16. The highest BCUT2D eigenvalue weighted by Gasteiger charge is 2.26. The molecule has 4 aromatic rings. The number of aromatic nitrogens is 3. The molecule has 2 aromatic heterocycles. The molecule has 0 radical (unpaired) electrons. The van der Waals surface area contributed by atoms with E-state index in [1.165, 1.54) is 24.5 Å². The Balaban J connectivity index is 1.49. The Morgan fingerprint density at radius 3 is 2.47 bits per heavy atom. The molecular weight excluding hydrogens is 440 g/mol. The van der Waals surface area contributed by atoms with Crippen molar-refractivity contribution in [1.82, 2.24) is 14.5 Å². The Morgan fingerprint density at radius 1 is 1.03 bits per heavy atom. The molecule has 172 valence electrons. The number of amides is 1. The second kappa shape index (κ2) is 8.66. The first-order valence-corrected chi connectivity index (χ1v) is 10.9. The molecule has 0 atom stereocenters. The minimum absolute atomic E-state index is 0.213. The number of rotatable bonds is 5. The normalized spacial score (nSPS) is 13.9. The van der Waals surface area contributed by atoms with Crippen LogP contribution in [0.15, 0.2) is 55.0 Å². The summed E-state index contributed by atoms with van der Waals surface area (Å²) in [5.74, 6) is -3.00. The van der Waals surface area contributed by atoms with Crippen LogP contribution in [0.1, 0.15) is 58.0 Å². The SMILES string of the molecule is Nc1ncnc2c1c(C(=O)c1cccc(NC(=O)c3c(F)cccc3F)c1)cn2C1CCCC1. The highest BCUT2D eigenvalue weighted by Crippen LogP contribution is 2.35. The van der Waals surface area contributed by atoms with E-state index >= 15 is 0 Å². The number of ketones is 1. The van der Waals surface area contributed by atoms with Crippen molar-refractivity contribution >= 4 is 34.2 Å².